The molecule has 3 aromatic rings. The van der Waals surface area contributed by atoms with Crippen LogP contribution in [0.25, 0.3) is 22.3 Å². The van der Waals surface area contributed by atoms with Crippen molar-refractivity contribution in [1.82, 2.24) is 9.55 Å². The molecule has 0 saturated heterocycles. The number of para-hydroxylation sites is 1. The minimum atomic E-state index is -0.657. The van der Waals surface area contributed by atoms with Crippen molar-refractivity contribution in [2.24, 2.45) is 0 Å². The van der Waals surface area contributed by atoms with Gasteiger partial charge in [-0.3, -0.25) is 14.4 Å². The molecule has 0 amide bonds. The third-order valence-electron chi connectivity index (χ3n) is 4.80. The third-order valence-corrected chi connectivity index (χ3v) is 4.80. The van der Waals surface area contributed by atoms with Crippen LogP contribution in [0.15, 0.2) is 41.2 Å². The van der Waals surface area contributed by atoms with Gasteiger partial charge in [-0.2, -0.15) is 0 Å². The normalized spacial score (nSPS) is 12.9. The van der Waals surface area contributed by atoms with Crippen LogP contribution in [0.2, 0.25) is 0 Å². The number of nitrogens with zero attached hydrogens (tertiary/aromatic N) is 2. The van der Waals surface area contributed by atoms with Gasteiger partial charge in [0.25, 0.3) is 18.5 Å². The zero-order valence-corrected chi connectivity index (χ0v) is 14.5. The predicted molar refractivity (Wildman–Crippen MR) is 97.0 cm³/mol. The molecule has 4 rings (SSSR count). The summed E-state index contributed by atoms with van der Waals surface area (Å²) in [4.78, 5) is 39.2. The van der Waals surface area contributed by atoms with Crippen molar-refractivity contribution in [2.45, 2.75) is 26.2 Å². The molecule has 0 spiro atoms. The van der Waals surface area contributed by atoms with Crippen LogP contribution in [0.1, 0.15) is 29.7 Å². The Balaban J connectivity index is 1.93. The van der Waals surface area contributed by atoms with Crippen LogP contribution in [-0.4, -0.2) is 22.5 Å². The van der Waals surface area contributed by atoms with E-state index in [-0.39, 0.29) is 24.2 Å². The van der Waals surface area contributed by atoms with E-state index < -0.39 is 6.10 Å². The quantitative estimate of drug-likeness (QED) is 0.488. The topological polar surface area (TPSA) is 87.5 Å². The van der Waals surface area contributed by atoms with E-state index in [2.05, 4.69) is 0 Å². The van der Waals surface area contributed by atoms with E-state index in [1.165, 1.54) is 0 Å². The molecule has 7 nitrogen and oxygen atoms in total. The summed E-state index contributed by atoms with van der Waals surface area (Å²) in [6, 6.07) is 11.6. The molecule has 1 atom stereocenters. The van der Waals surface area contributed by atoms with Crippen molar-refractivity contribution in [2.75, 3.05) is 0 Å². The van der Waals surface area contributed by atoms with Crippen LogP contribution >= 0.6 is 0 Å². The minimum Gasteiger partial charge on any atom is -0.463 e. The van der Waals surface area contributed by atoms with E-state index in [0.717, 1.165) is 22.2 Å². The fourth-order valence-corrected chi connectivity index (χ4v) is 3.52. The molecule has 1 unspecified atom stereocenters. The van der Waals surface area contributed by atoms with E-state index in [1.807, 2.05) is 30.3 Å². The Morgan fingerprint density at radius 2 is 2.04 bits per heavy atom. The standard InChI is InChI=1S/C20H16N2O5/c1-12(27-11-24)15-7-18-19-14(6-13-4-2-3-5-17(13)21-19)8-22(18)20(25)16(15)9-26-10-23/h2-7,10-12H,8-9H2,1H3. The maximum atomic E-state index is 13.1. The van der Waals surface area contributed by atoms with Crippen molar-refractivity contribution >= 4 is 23.8 Å². The highest BCUT2D eigenvalue weighted by Gasteiger charge is 2.27. The molecular formula is C20H16N2O5. The second-order valence-electron chi connectivity index (χ2n) is 6.33. The Hall–Kier alpha value is -3.48. The van der Waals surface area contributed by atoms with Crippen molar-refractivity contribution in [3.63, 3.8) is 0 Å². The molecule has 1 aliphatic rings. The fourth-order valence-electron chi connectivity index (χ4n) is 3.52. The van der Waals surface area contributed by atoms with Gasteiger partial charge in [-0.15, -0.1) is 0 Å². The maximum Gasteiger partial charge on any atom is 0.293 e. The smallest absolute Gasteiger partial charge is 0.293 e. The molecule has 0 bridgehead atoms. The largest absolute Gasteiger partial charge is 0.463 e. The summed E-state index contributed by atoms with van der Waals surface area (Å²) in [5, 5.41) is 1.000. The van der Waals surface area contributed by atoms with Crippen LogP contribution in [0.5, 0.6) is 0 Å². The molecule has 0 aliphatic carbocycles. The second-order valence-corrected chi connectivity index (χ2v) is 6.33. The molecule has 3 heterocycles. The number of pyridine rings is 2. The van der Waals surface area contributed by atoms with Gasteiger partial charge in [-0.25, -0.2) is 4.98 Å². The SMILES string of the molecule is CC(OC=O)c1cc2n(c(=O)c1COC=O)Cc1cc3ccccc3nc1-2. The van der Waals surface area contributed by atoms with Crippen LogP contribution < -0.4 is 5.56 Å². The minimum absolute atomic E-state index is 0.184. The number of carbonyl (C=O) groups excluding carboxylic acids is 2. The molecule has 1 aromatic carbocycles. The number of hydrogen-bond donors (Lipinski definition) is 0. The first-order chi connectivity index (χ1) is 13.1. The van der Waals surface area contributed by atoms with Gasteiger partial charge in [0.05, 0.1) is 29.0 Å². The maximum absolute atomic E-state index is 13.1. The first-order valence-electron chi connectivity index (χ1n) is 8.44. The molecular weight excluding hydrogens is 348 g/mol. The monoisotopic (exact) mass is 364 g/mol. The van der Waals surface area contributed by atoms with Crippen LogP contribution in [0.4, 0.5) is 0 Å². The Morgan fingerprint density at radius 3 is 2.81 bits per heavy atom. The van der Waals surface area contributed by atoms with E-state index >= 15 is 0 Å². The number of rotatable bonds is 6. The lowest BCUT2D eigenvalue weighted by atomic mass is 10.0. The zero-order chi connectivity index (χ0) is 19.0. The zero-order valence-electron chi connectivity index (χ0n) is 14.5. The molecule has 7 heteroatoms. The van der Waals surface area contributed by atoms with E-state index in [9.17, 15) is 14.4 Å². The molecule has 2 aromatic heterocycles. The lowest BCUT2D eigenvalue weighted by molar-refractivity contribution is -0.133. The lowest BCUT2D eigenvalue weighted by Gasteiger charge is -2.16. The van der Waals surface area contributed by atoms with Crippen molar-refractivity contribution < 1.29 is 19.1 Å². The van der Waals surface area contributed by atoms with Gasteiger partial charge in [0.1, 0.15) is 12.7 Å². The number of carbonyl (C=O) groups is 2. The molecule has 0 radical (unpaired) electrons. The van der Waals surface area contributed by atoms with Crippen LogP contribution in [-0.2, 0) is 32.2 Å². The Morgan fingerprint density at radius 1 is 1.22 bits per heavy atom. The lowest BCUT2D eigenvalue weighted by Crippen LogP contribution is -2.26. The molecule has 0 N–H and O–H groups in total. The van der Waals surface area contributed by atoms with Crippen molar-refractivity contribution in [1.29, 1.82) is 0 Å². The van der Waals surface area contributed by atoms with E-state index in [0.29, 0.717) is 24.3 Å². The molecule has 27 heavy (non-hydrogen) atoms. The summed E-state index contributed by atoms with van der Waals surface area (Å²) in [6.45, 7) is 2.48. The number of aromatic nitrogens is 2. The summed E-state index contributed by atoms with van der Waals surface area (Å²) in [5.41, 5.74) is 3.67. The highest BCUT2D eigenvalue weighted by atomic mass is 16.5. The van der Waals surface area contributed by atoms with Gasteiger partial charge in [0, 0.05) is 16.5 Å². The number of fused-ring (bicyclic) bond motifs is 4. The van der Waals surface area contributed by atoms with Gasteiger partial charge >= 0.3 is 0 Å². The van der Waals surface area contributed by atoms with Crippen molar-refractivity contribution in [3.05, 3.63) is 63.4 Å². The Labute approximate surface area is 154 Å². The summed E-state index contributed by atoms with van der Waals surface area (Å²) in [7, 11) is 0. The van der Waals surface area contributed by atoms with Crippen LogP contribution in [0, 0.1) is 0 Å². The summed E-state index contributed by atoms with van der Waals surface area (Å²) >= 11 is 0. The Bertz CT molecular complexity index is 1120. The van der Waals surface area contributed by atoms with Gasteiger partial charge in [0.15, 0.2) is 0 Å². The van der Waals surface area contributed by atoms with E-state index in [1.54, 1.807) is 17.6 Å². The highest BCUT2D eigenvalue weighted by molar-refractivity contribution is 5.84. The average Bonchev–Trinajstić information content (AvgIpc) is 3.03. The summed E-state index contributed by atoms with van der Waals surface area (Å²) in [5.74, 6) is 0. The van der Waals surface area contributed by atoms with Crippen molar-refractivity contribution in [3.8, 4) is 11.4 Å². The number of ether oxygens (including phenoxy) is 2. The number of hydrogen-bond acceptors (Lipinski definition) is 6. The third kappa shape index (κ3) is 2.77. The first kappa shape index (κ1) is 17.0. The van der Waals surface area contributed by atoms with Gasteiger partial charge in [-0.1, -0.05) is 18.2 Å². The van der Waals surface area contributed by atoms with E-state index in [4.69, 9.17) is 14.5 Å². The molecule has 1 aliphatic heterocycles. The van der Waals surface area contributed by atoms with Gasteiger partial charge in [0.2, 0.25) is 0 Å². The van der Waals surface area contributed by atoms with Gasteiger partial charge in [-0.05, 0) is 25.1 Å². The first-order valence-corrected chi connectivity index (χ1v) is 8.44. The summed E-state index contributed by atoms with van der Waals surface area (Å²) in [6.07, 6.45) is -0.657. The van der Waals surface area contributed by atoms with Gasteiger partial charge < -0.3 is 14.0 Å². The molecule has 136 valence electrons. The number of benzene rings is 1. The molecule has 0 fully saturated rings. The predicted octanol–water partition coefficient (Wildman–Crippen LogP) is 2.33. The fraction of sp³-hybridized carbons (Fsp3) is 0.200. The highest BCUT2D eigenvalue weighted by Crippen LogP contribution is 2.34. The second kappa shape index (κ2) is 6.68. The Kier molecular flexibility index (Phi) is 4.19. The average molecular weight is 364 g/mol. The summed E-state index contributed by atoms with van der Waals surface area (Å²) < 4.78 is 11.5. The van der Waals surface area contributed by atoms with Crippen LogP contribution in [0.3, 0.4) is 0 Å². The molecule has 0 saturated carbocycles.